The van der Waals surface area contributed by atoms with Gasteiger partial charge in [0.1, 0.15) is 27.9 Å². The number of ether oxygens (including phenoxy) is 1. The Morgan fingerprint density at radius 1 is 1.24 bits per heavy atom. The number of carbonyl (C=O) groups is 3. The van der Waals surface area contributed by atoms with Crippen LogP contribution in [0.1, 0.15) is 22.3 Å². The molecule has 38 heavy (non-hydrogen) atoms. The molecule has 1 saturated carbocycles. The van der Waals surface area contributed by atoms with Crippen LogP contribution in [0.5, 0.6) is 0 Å². The van der Waals surface area contributed by atoms with Crippen LogP contribution in [0.15, 0.2) is 18.3 Å². The Hall–Kier alpha value is -4.21. The second-order valence-corrected chi connectivity index (χ2v) is 9.01. The Morgan fingerprint density at radius 3 is 2.47 bits per heavy atom. The van der Waals surface area contributed by atoms with Crippen molar-refractivity contribution in [1.82, 2.24) is 20.2 Å². The molecule has 5 rings (SSSR count). The van der Waals surface area contributed by atoms with E-state index in [1.54, 1.807) is 19.1 Å². The molecule has 16 heteroatoms. The fraction of sp³-hybridized carbons (Fsp3) is 0.273. The highest BCUT2D eigenvalue weighted by Gasteiger charge is 2.44. The molecular weight excluding hydrogens is 541 g/mol. The number of hydrogen-bond acceptors (Lipinski definition) is 8. The van der Waals surface area contributed by atoms with Crippen molar-refractivity contribution in [2.45, 2.75) is 25.7 Å². The molecule has 0 radical (unpaired) electrons. The summed E-state index contributed by atoms with van der Waals surface area (Å²) in [6, 6.07) is 3.38. The van der Waals surface area contributed by atoms with Crippen LogP contribution in [-0.2, 0) is 14.3 Å². The highest BCUT2D eigenvalue weighted by Crippen LogP contribution is 2.38. The van der Waals surface area contributed by atoms with E-state index in [2.05, 4.69) is 25.5 Å². The normalized spacial score (nSPS) is 16.6. The van der Waals surface area contributed by atoms with Crippen molar-refractivity contribution in [2.24, 2.45) is 5.92 Å². The number of benzene rings is 1. The number of carbonyl (C=O) groups excluding carboxylic acids is 2. The third-order valence-electron chi connectivity index (χ3n) is 5.51. The van der Waals surface area contributed by atoms with E-state index in [4.69, 9.17) is 14.6 Å². The monoisotopic (exact) mass is 557 g/mol. The van der Waals surface area contributed by atoms with E-state index >= 15 is 4.39 Å². The zero-order chi connectivity index (χ0) is 27.9. The molecule has 200 valence electrons. The maximum Gasteiger partial charge on any atom is 0.490 e. The number of nitrogens with one attached hydrogen (secondary N) is 2. The maximum absolute atomic E-state index is 15.1. The minimum Gasteiger partial charge on any atom is -0.475 e. The van der Waals surface area contributed by atoms with Crippen LogP contribution in [-0.4, -0.2) is 62.6 Å². The lowest BCUT2D eigenvalue weighted by molar-refractivity contribution is -0.192. The van der Waals surface area contributed by atoms with Gasteiger partial charge in [-0.2, -0.15) is 18.3 Å². The number of methoxy groups -OCH3 is 1. The van der Waals surface area contributed by atoms with Gasteiger partial charge in [-0.05, 0) is 31.0 Å². The first-order chi connectivity index (χ1) is 17.8. The second kappa shape index (κ2) is 9.92. The molecule has 3 N–H and O–H groups in total. The lowest BCUT2D eigenvalue weighted by atomic mass is 9.96. The van der Waals surface area contributed by atoms with Gasteiger partial charge in [-0.3, -0.25) is 9.89 Å². The fourth-order valence-corrected chi connectivity index (χ4v) is 4.38. The Morgan fingerprint density at radius 2 is 1.89 bits per heavy atom. The van der Waals surface area contributed by atoms with Crippen LogP contribution in [0.3, 0.4) is 0 Å². The van der Waals surface area contributed by atoms with E-state index in [-0.39, 0.29) is 23.1 Å². The number of fused-ring (bicyclic) bond motifs is 2. The molecule has 1 fully saturated rings. The molecule has 1 aromatic carbocycles. The van der Waals surface area contributed by atoms with Gasteiger partial charge in [0.2, 0.25) is 5.91 Å². The molecule has 1 aliphatic carbocycles. The Kier molecular flexibility index (Phi) is 7.01. The van der Waals surface area contributed by atoms with Gasteiger partial charge in [-0.25, -0.2) is 28.3 Å². The van der Waals surface area contributed by atoms with Gasteiger partial charge in [0.15, 0.2) is 5.13 Å². The summed E-state index contributed by atoms with van der Waals surface area (Å²) in [5, 5.41) is 17.2. The summed E-state index contributed by atoms with van der Waals surface area (Å²) in [5.74, 6) is -5.30. The smallest absolute Gasteiger partial charge is 0.475 e. The average molecular weight is 557 g/mol. The Bertz CT molecular complexity index is 1580. The molecule has 10 nitrogen and oxygen atoms in total. The van der Waals surface area contributed by atoms with Crippen LogP contribution in [0.4, 0.5) is 27.1 Å². The number of nitrogens with zero attached hydrogens (tertiary/aromatic N) is 3. The van der Waals surface area contributed by atoms with Crippen LogP contribution in [0, 0.1) is 18.7 Å². The number of hydrogen-bond donors (Lipinski definition) is 3. The number of aromatic amines is 1. The minimum absolute atomic E-state index is 0.216. The number of halogens is 5. The molecule has 3 aromatic heterocycles. The summed E-state index contributed by atoms with van der Waals surface area (Å²) in [6.07, 6.45) is -4.45. The molecule has 1 aliphatic rings. The topological polar surface area (TPSA) is 147 Å². The number of pyridine rings is 1. The summed E-state index contributed by atoms with van der Waals surface area (Å²) in [4.78, 5) is 42.4. The number of rotatable bonds is 4. The highest BCUT2D eigenvalue weighted by molar-refractivity contribution is 7.22. The van der Waals surface area contributed by atoms with E-state index in [1.165, 1.54) is 13.3 Å². The van der Waals surface area contributed by atoms with Gasteiger partial charge in [0.05, 0.1) is 30.4 Å². The maximum atomic E-state index is 15.1. The molecule has 3 heterocycles. The Labute approximate surface area is 212 Å². The molecule has 0 aliphatic heterocycles. The molecule has 0 bridgehead atoms. The molecule has 2 atom stereocenters. The molecule has 0 saturated heterocycles. The zero-order valence-corrected chi connectivity index (χ0v) is 20.1. The van der Waals surface area contributed by atoms with Gasteiger partial charge in [-0.15, -0.1) is 0 Å². The number of anilines is 1. The number of esters is 1. The standard InChI is InChI=1S/C20H15F2N5O3S.C2HF3O2/c1-7-13(9-6-23-27-16(9)14(15(7)22)19(29)30-2)11-3-4-12-18(24-11)31-20(25-12)26-17(28)8-5-10(8)21;3-2(4,5)1(6)7/h3-4,6,8,10H,5H2,1-2H3,(H,23,27)(H,25,26,28);(H,6,7)/t8-,10+;/m1./s1. The molecule has 4 aromatic rings. The van der Waals surface area contributed by atoms with Crippen LogP contribution >= 0.6 is 11.3 Å². The number of amides is 1. The molecule has 1 amide bonds. The predicted octanol–water partition coefficient (Wildman–Crippen LogP) is 4.40. The van der Waals surface area contributed by atoms with E-state index in [0.717, 1.165) is 11.3 Å². The lowest BCUT2D eigenvalue weighted by Crippen LogP contribution is -2.21. The van der Waals surface area contributed by atoms with Crippen molar-refractivity contribution in [1.29, 1.82) is 0 Å². The number of aliphatic carboxylic acids is 1. The van der Waals surface area contributed by atoms with Crippen molar-refractivity contribution < 1.29 is 46.2 Å². The zero-order valence-electron chi connectivity index (χ0n) is 19.3. The van der Waals surface area contributed by atoms with Crippen LogP contribution < -0.4 is 5.32 Å². The molecular formula is C22H16F5N5O5S. The summed E-state index contributed by atoms with van der Waals surface area (Å²) in [7, 11) is 1.18. The van der Waals surface area contributed by atoms with Crippen LogP contribution in [0.2, 0.25) is 0 Å². The number of alkyl halides is 4. The van der Waals surface area contributed by atoms with E-state index < -0.39 is 41.9 Å². The fourth-order valence-electron chi connectivity index (χ4n) is 3.54. The van der Waals surface area contributed by atoms with E-state index in [0.29, 0.717) is 32.1 Å². The van der Waals surface area contributed by atoms with Crippen molar-refractivity contribution in [3.63, 3.8) is 0 Å². The highest BCUT2D eigenvalue weighted by atomic mass is 32.1. The number of thiazole rings is 1. The number of carboxylic acid groups (broad SMARTS) is 1. The second-order valence-electron chi connectivity index (χ2n) is 8.03. The van der Waals surface area contributed by atoms with Crippen molar-refractivity contribution >= 4 is 55.6 Å². The minimum atomic E-state index is -5.08. The van der Waals surface area contributed by atoms with Gasteiger partial charge in [0.25, 0.3) is 0 Å². The first kappa shape index (κ1) is 26.8. The molecule has 0 spiro atoms. The average Bonchev–Trinajstić information content (AvgIpc) is 3.21. The molecule has 0 unspecified atom stereocenters. The number of H-pyrrole nitrogens is 1. The summed E-state index contributed by atoms with van der Waals surface area (Å²) in [6.45, 7) is 1.55. The van der Waals surface area contributed by atoms with E-state index in [9.17, 15) is 27.2 Å². The third kappa shape index (κ3) is 5.11. The summed E-state index contributed by atoms with van der Waals surface area (Å²) >= 11 is 1.14. The van der Waals surface area contributed by atoms with Crippen LogP contribution in [0.25, 0.3) is 32.5 Å². The predicted molar refractivity (Wildman–Crippen MR) is 124 cm³/mol. The van der Waals surface area contributed by atoms with Crippen molar-refractivity contribution in [2.75, 3.05) is 12.4 Å². The largest absolute Gasteiger partial charge is 0.490 e. The first-order valence-corrected chi connectivity index (χ1v) is 11.4. The Balaban J connectivity index is 0.000000426. The van der Waals surface area contributed by atoms with Crippen molar-refractivity contribution in [3.8, 4) is 11.3 Å². The van der Waals surface area contributed by atoms with Gasteiger partial charge < -0.3 is 15.2 Å². The van der Waals surface area contributed by atoms with Gasteiger partial charge in [0, 0.05) is 10.9 Å². The van der Waals surface area contributed by atoms with Gasteiger partial charge in [-0.1, -0.05) is 11.3 Å². The first-order valence-electron chi connectivity index (χ1n) is 10.6. The van der Waals surface area contributed by atoms with E-state index in [1.807, 2.05) is 0 Å². The quantitative estimate of drug-likeness (QED) is 0.247. The number of carboxylic acids is 1. The SMILES string of the molecule is COC(=O)c1c(F)c(C)c(-c2ccc3nc(NC(=O)[C@@H]4C[C@@H]4F)sc3n2)c2cn[nH]c12.O=C(O)C(F)(F)F. The van der Waals surface area contributed by atoms with Crippen molar-refractivity contribution in [3.05, 3.63) is 35.3 Å². The lowest BCUT2D eigenvalue weighted by Gasteiger charge is -2.12. The third-order valence-corrected chi connectivity index (χ3v) is 6.39. The van der Waals surface area contributed by atoms with Gasteiger partial charge >= 0.3 is 18.1 Å². The summed E-state index contributed by atoms with van der Waals surface area (Å²) in [5.41, 5.74) is 1.71. The number of aromatic nitrogens is 4. The summed E-state index contributed by atoms with van der Waals surface area (Å²) < 4.78 is 64.6.